The summed E-state index contributed by atoms with van der Waals surface area (Å²) < 4.78 is 0. The second kappa shape index (κ2) is 6.70. The van der Waals surface area contributed by atoms with Gasteiger partial charge in [-0.2, -0.15) is 5.10 Å². The summed E-state index contributed by atoms with van der Waals surface area (Å²) in [5.74, 6) is 3.26. The van der Waals surface area contributed by atoms with Crippen molar-refractivity contribution in [2.24, 2.45) is 5.10 Å². The lowest BCUT2D eigenvalue weighted by molar-refractivity contribution is 1.22. The molecule has 0 aliphatic carbocycles. The van der Waals surface area contributed by atoms with Crippen molar-refractivity contribution in [3.8, 4) is 11.5 Å². The fraction of sp³-hybridized carbons (Fsp3) is 0.250. The molecule has 0 atom stereocenters. The summed E-state index contributed by atoms with van der Waals surface area (Å²) in [7, 11) is -1.34. The predicted octanol–water partition coefficient (Wildman–Crippen LogP) is 4.13. The second-order valence-electron chi connectivity index (χ2n) is 5.79. The van der Waals surface area contributed by atoms with Crippen molar-refractivity contribution in [2.45, 2.75) is 26.6 Å². The standard InChI is InChI=1S/C16H19N3SSi/c1-13-12-20-16(18-13)19-17-11-15-7-5-6-14(10-15)8-9-21(2,3)4/h5-7,10-12H,1-4H3,(H,18,19). The van der Waals surface area contributed by atoms with Crippen molar-refractivity contribution in [1.29, 1.82) is 0 Å². The van der Waals surface area contributed by atoms with E-state index in [1.165, 1.54) is 0 Å². The van der Waals surface area contributed by atoms with Crippen LogP contribution >= 0.6 is 11.3 Å². The Morgan fingerprint density at radius 3 is 2.81 bits per heavy atom. The van der Waals surface area contributed by atoms with Crippen molar-refractivity contribution in [1.82, 2.24) is 4.98 Å². The fourth-order valence-corrected chi connectivity index (χ4v) is 2.68. The van der Waals surface area contributed by atoms with E-state index in [4.69, 9.17) is 0 Å². The number of hydrogen-bond acceptors (Lipinski definition) is 4. The summed E-state index contributed by atoms with van der Waals surface area (Å²) in [4.78, 5) is 4.29. The van der Waals surface area contributed by atoms with Gasteiger partial charge in [-0.3, -0.25) is 5.43 Å². The van der Waals surface area contributed by atoms with Crippen molar-refractivity contribution in [2.75, 3.05) is 5.43 Å². The average Bonchev–Trinajstić information content (AvgIpc) is 2.82. The minimum atomic E-state index is -1.34. The van der Waals surface area contributed by atoms with Crippen LogP contribution in [-0.2, 0) is 0 Å². The number of anilines is 1. The van der Waals surface area contributed by atoms with E-state index >= 15 is 0 Å². The molecule has 108 valence electrons. The number of rotatable bonds is 3. The molecule has 0 fully saturated rings. The number of hydrogen-bond donors (Lipinski definition) is 1. The number of nitrogens with one attached hydrogen (secondary N) is 1. The summed E-state index contributed by atoms with van der Waals surface area (Å²) in [6, 6.07) is 8.09. The number of aromatic nitrogens is 1. The maximum absolute atomic E-state index is 4.29. The van der Waals surface area contributed by atoms with Gasteiger partial charge in [0.25, 0.3) is 0 Å². The number of aryl methyl sites for hydroxylation is 1. The Labute approximate surface area is 131 Å². The first-order valence-corrected chi connectivity index (χ1v) is 11.1. The van der Waals surface area contributed by atoms with E-state index in [-0.39, 0.29) is 0 Å². The highest BCUT2D eigenvalue weighted by molar-refractivity contribution is 7.13. The summed E-state index contributed by atoms with van der Waals surface area (Å²) in [6.45, 7) is 8.69. The highest BCUT2D eigenvalue weighted by Gasteiger charge is 2.07. The molecule has 0 amide bonds. The van der Waals surface area contributed by atoms with Gasteiger partial charge in [-0.15, -0.1) is 16.9 Å². The van der Waals surface area contributed by atoms with Gasteiger partial charge in [-0.05, 0) is 24.6 Å². The van der Waals surface area contributed by atoms with Gasteiger partial charge >= 0.3 is 0 Å². The van der Waals surface area contributed by atoms with Crippen LogP contribution in [0.3, 0.4) is 0 Å². The number of benzene rings is 1. The topological polar surface area (TPSA) is 37.3 Å². The zero-order valence-corrected chi connectivity index (χ0v) is 14.6. The van der Waals surface area contributed by atoms with E-state index in [0.29, 0.717) is 0 Å². The molecule has 0 unspecified atom stereocenters. The Morgan fingerprint density at radius 2 is 2.14 bits per heavy atom. The van der Waals surface area contributed by atoms with Crippen molar-refractivity contribution < 1.29 is 0 Å². The SMILES string of the molecule is Cc1csc(NN=Cc2cccc(C#C[Si](C)(C)C)c2)n1. The molecule has 0 bridgehead atoms. The molecule has 1 N–H and O–H groups in total. The normalized spacial score (nSPS) is 11.2. The van der Waals surface area contributed by atoms with Crippen LogP contribution in [0.4, 0.5) is 5.13 Å². The molecule has 1 aromatic heterocycles. The van der Waals surface area contributed by atoms with E-state index in [9.17, 15) is 0 Å². The van der Waals surface area contributed by atoms with Crippen molar-refractivity contribution in [3.05, 3.63) is 46.5 Å². The van der Waals surface area contributed by atoms with Crippen LogP contribution in [0.15, 0.2) is 34.7 Å². The minimum Gasteiger partial charge on any atom is -0.253 e. The second-order valence-corrected chi connectivity index (χ2v) is 11.4. The highest BCUT2D eigenvalue weighted by Crippen LogP contribution is 2.14. The van der Waals surface area contributed by atoms with Crippen LogP contribution < -0.4 is 5.43 Å². The Morgan fingerprint density at radius 1 is 1.33 bits per heavy atom. The van der Waals surface area contributed by atoms with Gasteiger partial charge < -0.3 is 0 Å². The fourth-order valence-electron chi connectivity index (χ4n) is 1.52. The third-order valence-electron chi connectivity index (χ3n) is 2.46. The zero-order valence-electron chi connectivity index (χ0n) is 12.8. The van der Waals surface area contributed by atoms with Gasteiger partial charge in [0, 0.05) is 10.9 Å². The molecule has 0 radical (unpaired) electrons. The lowest BCUT2D eigenvalue weighted by Gasteiger charge is -2.03. The van der Waals surface area contributed by atoms with Crippen LogP contribution in [0, 0.1) is 18.4 Å². The van der Waals surface area contributed by atoms with E-state index in [1.54, 1.807) is 17.6 Å². The average molecular weight is 314 g/mol. The van der Waals surface area contributed by atoms with E-state index in [1.807, 2.05) is 36.6 Å². The minimum absolute atomic E-state index is 0.804. The van der Waals surface area contributed by atoms with Crippen LogP contribution in [-0.4, -0.2) is 19.3 Å². The summed E-state index contributed by atoms with van der Waals surface area (Å²) in [5.41, 5.74) is 9.37. The quantitative estimate of drug-likeness (QED) is 0.400. The highest BCUT2D eigenvalue weighted by atomic mass is 32.1. The van der Waals surface area contributed by atoms with E-state index < -0.39 is 8.07 Å². The number of nitrogens with zero attached hydrogens (tertiary/aromatic N) is 2. The molecule has 2 rings (SSSR count). The van der Waals surface area contributed by atoms with Crippen LogP contribution in [0.2, 0.25) is 19.6 Å². The molecule has 5 heteroatoms. The van der Waals surface area contributed by atoms with Gasteiger partial charge in [-0.25, -0.2) is 4.98 Å². The number of thiazole rings is 1. The molecular weight excluding hydrogens is 294 g/mol. The van der Waals surface area contributed by atoms with Gasteiger partial charge in [-0.1, -0.05) is 37.7 Å². The Balaban J connectivity index is 2.05. The molecule has 0 saturated carbocycles. The Hall–Kier alpha value is -1.90. The van der Waals surface area contributed by atoms with E-state index in [2.05, 4.69) is 46.6 Å². The Kier molecular flexibility index (Phi) is 4.94. The molecule has 0 saturated heterocycles. The lowest BCUT2D eigenvalue weighted by Crippen LogP contribution is -2.16. The maximum atomic E-state index is 4.29. The van der Waals surface area contributed by atoms with Gasteiger partial charge in [0.05, 0.1) is 11.9 Å². The van der Waals surface area contributed by atoms with Crippen molar-refractivity contribution in [3.63, 3.8) is 0 Å². The third-order valence-corrected chi connectivity index (χ3v) is 4.20. The van der Waals surface area contributed by atoms with Crippen LogP contribution in [0.25, 0.3) is 0 Å². The molecule has 0 aliphatic rings. The first kappa shape index (κ1) is 15.5. The van der Waals surface area contributed by atoms with Crippen LogP contribution in [0.1, 0.15) is 16.8 Å². The monoisotopic (exact) mass is 313 g/mol. The molecule has 1 heterocycles. The first-order chi connectivity index (χ1) is 9.92. The molecular formula is C16H19N3SSi. The summed E-state index contributed by atoms with van der Waals surface area (Å²) in [6.07, 6.45) is 1.79. The van der Waals surface area contributed by atoms with E-state index in [0.717, 1.165) is 22.0 Å². The molecule has 1 aromatic carbocycles. The van der Waals surface area contributed by atoms with Gasteiger partial charge in [0.1, 0.15) is 8.07 Å². The first-order valence-electron chi connectivity index (χ1n) is 6.77. The number of hydrazone groups is 1. The molecule has 3 nitrogen and oxygen atoms in total. The van der Waals surface area contributed by atoms with Gasteiger partial charge in [0.15, 0.2) is 0 Å². The smallest absolute Gasteiger partial charge is 0.203 e. The van der Waals surface area contributed by atoms with Gasteiger partial charge in [0.2, 0.25) is 5.13 Å². The predicted molar refractivity (Wildman–Crippen MR) is 94.7 cm³/mol. The third kappa shape index (κ3) is 5.54. The molecule has 0 aliphatic heterocycles. The molecule has 2 aromatic rings. The van der Waals surface area contributed by atoms with Crippen LogP contribution in [0.5, 0.6) is 0 Å². The summed E-state index contributed by atoms with van der Waals surface area (Å²) in [5, 5.41) is 7.00. The summed E-state index contributed by atoms with van der Waals surface area (Å²) >= 11 is 1.54. The zero-order chi connectivity index (χ0) is 15.3. The van der Waals surface area contributed by atoms with Crippen molar-refractivity contribution >= 4 is 30.8 Å². The maximum Gasteiger partial charge on any atom is 0.203 e. The largest absolute Gasteiger partial charge is 0.253 e. The molecule has 21 heavy (non-hydrogen) atoms. The molecule has 0 spiro atoms. The Bertz CT molecular complexity index is 702. The lowest BCUT2D eigenvalue weighted by atomic mass is 10.1.